The van der Waals surface area contributed by atoms with E-state index in [-0.39, 0.29) is 24.3 Å². The van der Waals surface area contributed by atoms with E-state index in [1.54, 1.807) is 38.2 Å². The zero-order valence-corrected chi connectivity index (χ0v) is 20.5. The first-order valence-electron chi connectivity index (χ1n) is 10.5. The van der Waals surface area contributed by atoms with Crippen LogP contribution in [0.25, 0.3) is 17.1 Å². The number of carbonyl (C=O) groups excluding carboxylic acids is 2. The summed E-state index contributed by atoms with van der Waals surface area (Å²) in [6.07, 6.45) is 3.48. The third-order valence-corrected chi connectivity index (χ3v) is 6.54. The minimum absolute atomic E-state index is 0.0857. The molecule has 4 heterocycles. The summed E-state index contributed by atoms with van der Waals surface area (Å²) < 4.78 is 7.24. The van der Waals surface area contributed by atoms with Crippen LogP contribution in [-0.4, -0.2) is 74.9 Å². The molecule has 11 nitrogen and oxygen atoms in total. The lowest BCUT2D eigenvalue weighted by Gasteiger charge is -2.13. The number of anilines is 1. The number of thioether (sulfide) groups is 1. The molecule has 1 aliphatic rings. The number of hydrogen-bond donors (Lipinski definition) is 2. The highest BCUT2D eigenvalue weighted by Gasteiger charge is 2.24. The molecule has 3 aromatic rings. The zero-order valence-electron chi connectivity index (χ0n) is 19.7. The molecule has 2 amide bonds. The van der Waals surface area contributed by atoms with Crippen LogP contribution in [0.1, 0.15) is 22.5 Å². The number of nitrogens with two attached hydrogens (primary N) is 1. The van der Waals surface area contributed by atoms with Crippen molar-refractivity contribution in [3.8, 4) is 5.75 Å². The second-order valence-electron chi connectivity index (χ2n) is 8.10. The van der Waals surface area contributed by atoms with Gasteiger partial charge in [-0.3, -0.25) is 14.6 Å². The predicted octanol–water partition coefficient (Wildman–Crippen LogP) is 1.17. The summed E-state index contributed by atoms with van der Waals surface area (Å²) in [5, 5.41) is 8.77. The molecule has 0 aliphatic carbocycles. The fourth-order valence-corrected chi connectivity index (χ4v) is 4.69. The number of amides is 2. The van der Waals surface area contributed by atoms with Crippen molar-refractivity contribution in [1.29, 1.82) is 0 Å². The van der Waals surface area contributed by atoms with Crippen molar-refractivity contribution in [3.05, 3.63) is 34.3 Å². The molecule has 0 spiro atoms. The van der Waals surface area contributed by atoms with Crippen molar-refractivity contribution in [2.45, 2.75) is 25.4 Å². The fourth-order valence-electron chi connectivity index (χ4n) is 3.68. The molecule has 1 aliphatic heterocycles. The lowest BCUT2D eigenvalue weighted by Crippen LogP contribution is -2.37. The summed E-state index contributed by atoms with van der Waals surface area (Å²) in [4.78, 5) is 39.4. The van der Waals surface area contributed by atoms with Crippen LogP contribution in [0.2, 0.25) is 0 Å². The third-order valence-electron chi connectivity index (χ3n) is 5.52. The van der Waals surface area contributed by atoms with Crippen LogP contribution < -0.4 is 15.8 Å². The third kappa shape index (κ3) is 4.40. The first-order valence-corrected chi connectivity index (χ1v) is 11.5. The van der Waals surface area contributed by atoms with Crippen molar-refractivity contribution in [1.82, 2.24) is 34.9 Å². The van der Waals surface area contributed by atoms with Crippen LogP contribution >= 0.6 is 11.8 Å². The zero-order chi connectivity index (χ0) is 24.6. The lowest BCUT2D eigenvalue weighted by atomic mass is 10.1. The van der Waals surface area contributed by atoms with Gasteiger partial charge in [0.05, 0.1) is 37.0 Å². The van der Waals surface area contributed by atoms with Gasteiger partial charge in [-0.25, -0.2) is 9.67 Å². The minimum Gasteiger partial charge on any atom is -0.496 e. The summed E-state index contributed by atoms with van der Waals surface area (Å²) in [7, 11) is 4.91. The number of ether oxygens (including phenoxy) is 1. The molecule has 4 rings (SSSR count). The number of nitrogens with zero attached hydrogens (tertiary/aromatic N) is 6. The van der Waals surface area contributed by atoms with E-state index in [4.69, 9.17) is 15.6 Å². The van der Waals surface area contributed by atoms with Gasteiger partial charge in [-0.2, -0.15) is 10.1 Å². The van der Waals surface area contributed by atoms with Gasteiger partial charge in [-0.1, -0.05) is 0 Å². The molecule has 3 N–H and O–H groups in total. The molecule has 0 radical (unpaired) electrons. The van der Waals surface area contributed by atoms with E-state index in [2.05, 4.69) is 20.3 Å². The molecule has 0 saturated heterocycles. The van der Waals surface area contributed by atoms with Crippen LogP contribution in [0.5, 0.6) is 5.75 Å². The van der Waals surface area contributed by atoms with Crippen LogP contribution in [0.3, 0.4) is 0 Å². The van der Waals surface area contributed by atoms with E-state index in [0.29, 0.717) is 34.2 Å². The van der Waals surface area contributed by atoms with Crippen LogP contribution in [0.4, 0.5) is 5.95 Å². The number of carbonyl (C=O) groups is 2. The molecule has 0 fully saturated rings. The van der Waals surface area contributed by atoms with Gasteiger partial charge in [0, 0.05) is 42.7 Å². The highest BCUT2D eigenvalue weighted by Crippen LogP contribution is 2.35. The maximum atomic E-state index is 12.8. The Bertz CT molecular complexity index is 1330. The van der Waals surface area contributed by atoms with Gasteiger partial charge in [0.25, 0.3) is 0 Å². The number of aromatic nitrogens is 5. The van der Waals surface area contributed by atoms with Crippen molar-refractivity contribution in [2.75, 3.05) is 39.2 Å². The molecule has 3 aromatic heterocycles. The number of nitrogens with one attached hydrogen (secondary N) is 1. The van der Waals surface area contributed by atoms with Crippen LogP contribution in [-0.2, 0) is 16.1 Å². The van der Waals surface area contributed by atoms with E-state index in [0.717, 1.165) is 28.0 Å². The number of aryl methyl sites for hydroxylation is 1. The number of nitrogen functional groups attached to an aromatic ring is 1. The van der Waals surface area contributed by atoms with Gasteiger partial charge in [0.1, 0.15) is 10.8 Å². The van der Waals surface area contributed by atoms with Crippen LogP contribution in [0, 0.1) is 13.8 Å². The van der Waals surface area contributed by atoms with E-state index in [9.17, 15) is 9.59 Å². The lowest BCUT2D eigenvalue weighted by molar-refractivity contribution is -0.130. The Labute approximate surface area is 200 Å². The van der Waals surface area contributed by atoms with E-state index < -0.39 is 0 Å². The maximum absolute atomic E-state index is 12.8. The molecular formula is C22H26N8O3S. The van der Waals surface area contributed by atoms with Gasteiger partial charge in [-0.15, -0.1) is 11.8 Å². The van der Waals surface area contributed by atoms with E-state index in [1.807, 2.05) is 13.8 Å². The SMILES string of the molecule is COc1c(C)cnc(Cn2nc3c4c(nc(N)nc42)SCC(C(=O)NCC(=O)N(C)C)=C3)c1C. The fraction of sp³-hybridized carbons (Fsp3) is 0.364. The molecule has 0 aromatic carbocycles. The predicted molar refractivity (Wildman–Crippen MR) is 130 cm³/mol. The topological polar surface area (TPSA) is 141 Å². The molecular weight excluding hydrogens is 456 g/mol. The molecule has 0 atom stereocenters. The first-order chi connectivity index (χ1) is 16.2. The smallest absolute Gasteiger partial charge is 0.248 e. The molecule has 0 saturated carbocycles. The molecule has 0 unspecified atom stereocenters. The Kier molecular flexibility index (Phi) is 6.42. The van der Waals surface area contributed by atoms with Gasteiger partial charge in [-0.05, 0) is 19.9 Å². The Hall–Kier alpha value is -3.67. The highest BCUT2D eigenvalue weighted by molar-refractivity contribution is 7.99. The Morgan fingerprint density at radius 2 is 2.06 bits per heavy atom. The number of pyridine rings is 1. The van der Waals surface area contributed by atoms with Crippen molar-refractivity contribution < 1.29 is 14.3 Å². The number of likely N-dealkylation sites (N-methyl/N-ethyl adjacent to an activating group) is 1. The molecule has 12 heteroatoms. The summed E-state index contributed by atoms with van der Waals surface area (Å²) in [6.45, 7) is 4.15. The number of rotatable bonds is 6. The van der Waals surface area contributed by atoms with Gasteiger partial charge >= 0.3 is 0 Å². The van der Waals surface area contributed by atoms with Gasteiger partial charge < -0.3 is 20.7 Å². The van der Waals surface area contributed by atoms with Gasteiger partial charge in [0.15, 0.2) is 5.65 Å². The summed E-state index contributed by atoms with van der Waals surface area (Å²) in [6, 6.07) is 0. The summed E-state index contributed by atoms with van der Waals surface area (Å²) in [5.41, 5.74) is 10.2. The normalized spacial score (nSPS) is 12.8. The summed E-state index contributed by atoms with van der Waals surface area (Å²) in [5.74, 6) is 0.734. The second-order valence-corrected chi connectivity index (χ2v) is 9.07. The van der Waals surface area contributed by atoms with E-state index in [1.165, 1.54) is 16.7 Å². The van der Waals surface area contributed by atoms with Crippen molar-refractivity contribution in [3.63, 3.8) is 0 Å². The molecule has 178 valence electrons. The molecule has 0 bridgehead atoms. The highest BCUT2D eigenvalue weighted by atomic mass is 32.2. The minimum atomic E-state index is -0.333. The summed E-state index contributed by atoms with van der Waals surface area (Å²) >= 11 is 1.38. The molecule has 34 heavy (non-hydrogen) atoms. The maximum Gasteiger partial charge on any atom is 0.248 e. The number of methoxy groups -OCH3 is 1. The average molecular weight is 483 g/mol. The Morgan fingerprint density at radius 3 is 2.76 bits per heavy atom. The van der Waals surface area contributed by atoms with E-state index >= 15 is 0 Å². The Balaban J connectivity index is 1.72. The largest absolute Gasteiger partial charge is 0.496 e. The van der Waals surface area contributed by atoms with Gasteiger partial charge in [0.2, 0.25) is 17.8 Å². The monoisotopic (exact) mass is 482 g/mol. The quantitative estimate of drug-likeness (QED) is 0.495. The van der Waals surface area contributed by atoms with Crippen molar-refractivity contribution in [2.24, 2.45) is 0 Å². The second kappa shape index (κ2) is 9.29. The number of hydrogen-bond acceptors (Lipinski definition) is 9. The van der Waals surface area contributed by atoms with Crippen molar-refractivity contribution >= 4 is 46.6 Å². The average Bonchev–Trinajstić information content (AvgIpc) is 3.01. The first kappa shape index (κ1) is 23.5. The van der Waals surface area contributed by atoms with Crippen LogP contribution in [0.15, 0.2) is 16.8 Å². The standard InChI is InChI=1S/C22H26N8O3S/c1-11-7-24-15(12(2)18(11)33-5)9-30-19-17-14(28-30)6-13(10-34-21(17)27-22(23)26-19)20(32)25-8-16(31)29(3)4/h6-7H,8-10H2,1-5H3,(H,25,32)(H2,23,26,27). The Morgan fingerprint density at radius 1 is 1.29 bits per heavy atom.